The Labute approximate surface area is 258 Å². The molecule has 4 rings (SSSR count). The summed E-state index contributed by atoms with van der Waals surface area (Å²) < 4.78 is 4.67. The van der Waals surface area contributed by atoms with Crippen LogP contribution in [0, 0.1) is 0 Å². The molecule has 0 saturated heterocycles. The van der Waals surface area contributed by atoms with Crippen LogP contribution in [0.4, 0.5) is 22.7 Å². The molecule has 0 bridgehead atoms. The first kappa shape index (κ1) is 31.3. The smallest absolute Gasteiger partial charge is 0.272 e. The van der Waals surface area contributed by atoms with Gasteiger partial charge in [0.2, 0.25) is 0 Å². The lowest BCUT2D eigenvalue weighted by atomic mass is 10.1. The number of nitrogens with two attached hydrogens (primary N) is 1. The van der Waals surface area contributed by atoms with Crippen molar-refractivity contribution in [3.05, 3.63) is 83.7 Å². The number of carbonyl (C=O) groups is 4. The number of alkyl halides is 2. The molecule has 0 spiro atoms. The molecule has 5 N–H and O–H groups in total. The number of benzene rings is 1. The molecule has 14 heteroatoms. The van der Waals surface area contributed by atoms with Gasteiger partial charge in [-0.05, 0) is 42.5 Å². The summed E-state index contributed by atoms with van der Waals surface area (Å²) in [6.45, 7) is 1.28. The molecule has 1 aromatic carbocycles. The van der Waals surface area contributed by atoms with Crippen LogP contribution >= 0.6 is 23.2 Å². The summed E-state index contributed by atoms with van der Waals surface area (Å²) in [6.07, 6.45) is 4.81. The van der Waals surface area contributed by atoms with Gasteiger partial charge in [0.25, 0.3) is 23.6 Å². The number of amides is 4. The topological polar surface area (TPSA) is 148 Å². The Morgan fingerprint density at radius 1 is 0.674 bits per heavy atom. The first-order chi connectivity index (χ1) is 20.5. The van der Waals surface area contributed by atoms with Crippen LogP contribution in [0.15, 0.2) is 61.1 Å². The normalized spacial score (nSPS) is 10.8. The van der Waals surface area contributed by atoms with Gasteiger partial charge < -0.3 is 40.3 Å². The van der Waals surface area contributed by atoms with Crippen molar-refractivity contribution < 1.29 is 19.2 Å². The number of hydrogen-bond donors (Lipinski definition) is 4. The van der Waals surface area contributed by atoms with Crippen LogP contribution in [0.1, 0.15) is 41.8 Å². The Morgan fingerprint density at radius 3 is 1.47 bits per heavy atom. The number of primary amides is 1. The molecule has 4 amide bonds. The van der Waals surface area contributed by atoms with Gasteiger partial charge in [0.15, 0.2) is 0 Å². The van der Waals surface area contributed by atoms with Crippen LogP contribution in [0.3, 0.4) is 0 Å². The monoisotopic (exact) mass is 626 g/mol. The maximum Gasteiger partial charge on any atom is 0.272 e. The van der Waals surface area contributed by atoms with Crippen LogP contribution in [-0.4, -0.2) is 62.2 Å². The van der Waals surface area contributed by atoms with E-state index in [9.17, 15) is 19.2 Å². The largest absolute Gasteiger partial charge is 0.369 e. The number of halogens is 2. The minimum absolute atomic E-state index is 0.249. The van der Waals surface area contributed by atoms with Crippen molar-refractivity contribution in [1.82, 2.24) is 13.7 Å². The summed E-state index contributed by atoms with van der Waals surface area (Å²) in [5.41, 5.74) is 8.76. The first-order valence-electron chi connectivity index (χ1n) is 13.2. The van der Waals surface area contributed by atoms with Gasteiger partial charge in [0.1, 0.15) is 17.1 Å². The zero-order chi connectivity index (χ0) is 31.3. The minimum Gasteiger partial charge on any atom is -0.369 e. The van der Waals surface area contributed by atoms with Gasteiger partial charge in [-0.15, -0.1) is 23.2 Å². The number of aryl methyl sites for hydroxylation is 3. The highest BCUT2D eigenvalue weighted by Crippen LogP contribution is 2.21. The second-order valence-electron chi connectivity index (χ2n) is 9.81. The quantitative estimate of drug-likeness (QED) is 0.176. The van der Waals surface area contributed by atoms with Crippen molar-refractivity contribution in [3.8, 4) is 0 Å². The Balaban J connectivity index is 1.40. The minimum atomic E-state index is -0.613. The van der Waals surface area contributed by atoms with Crippen LogP contribution in [0.25, 0.3) is 0 Å². The van der Waals surface area contributed by atoms with Gasteiger partial charge in [0, 0.05) is 75.8 Å². The van der Waals surface area contributed by atoms with Gasteiger partial charge in [-0.25, -0.2) is 0 Å². The maximum absolute atomic E-state index is 13.1. The van der Waals surface area contributed by atoms with E-state index in [-0.39, 0.29) is 17.3 Å². The number of rotatable bonds is 12. The standard InChI is InChI=1S/C29H32Cl2N8O4/c1-36-15-19(12-23(36)26(32)40)34-28(42)25-14-21(17-38(25)3)35-29(43)24-13-20(16-37(24)2)33-27(41)18-4-6-22(7-5-18)39(10-8-30)11-9-31/h4-7,12-17H,8-11H2,1-3H3,(H2,32,40)(H,33,41)(H,34,42)(H,35,43). The number of anilines is 4. The number of carbonyl (C=O) groups excluding carboxylic acids is 4. The first-order valence-corrected chi connectivity index (χ1v) is 14.3. The van der Waals surface area contributed by atoms with Gasteiger partial charge >= 0.3 is 0 Å². The number of hydrogen-bond acceptors (Lipinski definition) is 5. The Bertz CT molecular complexity index is 1650. The van der Waals surface area contributed by atoms with Gasteiger partial charge in [0.05, 0.1) is 17.1 Å². The summed E-state index contributed by atoms with van der Waals surface area (Å²) in [5, 5.41) is 8.32. The van der Waals surface area contributed by atoms with Crippen molar-refractivity contribution in [2.75, 3.05) is 45.7 Å². The van der Waals surface area contributed by atoms with E-state index >= 15 is 0 Å². The lowest BCUT2D eigenvalue weighted by Crippen LogP contribution is -2.27. The van der Waals surface area contributed by atoms with E-state index < -0.39 is 17.7 Å². The van der Waals surface area contributed by atoms with Crippen LogP contribution in [-0.2, 0) is 21.1 Å². The fraction of sp³-hybridized carbons (Fsp3) is 0.241. The van der Waals surface area contributed by atoms with Gasteiger partial charge in [-0.3, -0.25) is 19.2 Å². The van der Waals surface area contributed by atoms with E-state index in [4.69, 9.17) is 28.9 Å². The van der Waals surface area contributed by atoms with E-state index in [0.29, 0.717) is 53.2 Å². The molecule has 0 aliphatic rings. The molecule has 4 aromatic rings. The predicted molar refractivity (Wildman–Crippen MR) is 169 cm³/mol. The molecule has 0 atom stereocenters. The average Bonchev–Trinajstić information content (AvgIpc) is 3.64. The van der Waals surface area contributed by atoms with Gasteiger partial charge in [-0.1, -0.05) is 0 Å². The molecule has 3 aromatic heterocycles. The van der Waals surface area contributed by atoms with E-state index in [1.54, 1.807) is 67.1 Å². The van der Waals surface area contributed by atoms with Crippen molar-refractivity contribution >= 4 is 69.6 Å². The Kier molecular flexibility index (Phi) is 9.84. The number of nitrogens with zero attached hydrogens (tertiary/aromatic N) is 4. The second kappa shape index (κ2) is 13.5. The van der Waals surface area contributed by atoms with Crippen LogP contribution in [0.5, 0.6) is 0 Å². The summed E-state index contributed by atoms with van der Waals surface area (Å²) in [7, 11) is 5.00. The second-order valence-corrected chi connectivity index (χ2v) is 10.6. The zero-order valence-corrected chi connectivity index (χ0v) is 25.4. The van der Waals surface area contributed by atoms with Crippen molar-refractivity contribution in [2.24, 2.45) is 26.9 Å². The SMILES string of the molecule is Cn1cc(NC(=O)c2cc(NC(=O)c3cc(NC(=O)c4ccc(N(CCCl)CCCl)cc4)cn3C)cn2C)cc1C(N)=O. The fourth-order valence-corrected chi connectivity index (χ4v) is 4.99. The van der Waals surface area contributed by atoms with E-state index in [0.717, 1.165) is 5.69 Å². The highest BCUT2D eigenvalue weighted by molar-refractivity contribution is 6.18. The molecule has 43 heavy (non-hydrogen) atoms. The summed E-state index contributed by atoms with van der Waals surface area (Å²) in [6, 6.07) is 11.7. The Morgan fingerprint density at radius 2 is 1.07 bits per heavy atom. The third kappa shape index (κ3) is 7.40. The molecule has 0 aliphatic heterocycles. The van der Waals surface area contributed by atoms with Crippen LogP contribution < -0.4 is 26.6 Å². The van der Waals surface area contributed by atoms with E-state index in [1.807, 2.05) is 17.0 Å². The third-order valence-electron chi connectivity index (χ3n) is 6.71. The fourth-order valence-electron chi connectivity index (χ4n) is 4.59. The maximum atomic E-state index is 13.1. The predicted octanol–water partition coefficient (Wildman–Crippen LogP) is 3.84. The molecule has 0 fully saturated rings. The van der Waals surface area contributed by atoms with Crippen LogP contribution in [0.2, 0.25) is 0 Å². The summed E-state index contributed by atoms with van der Waals surface area (Å²) in [5.74, 6) is -0.898. The molecular formula is C29H32Cl2N8O4. The molecule has 226 valence electrons. The molecule has 0 saturated carbocycles. The summed E-state index contributed by atoms with van der Waals surface area (Å²) in [4.78, 5) is 52.3. The zero-order valence-electron chi connectivity index (χ0n) is 23.9. The summed E-state index contributed by atoms with van der Waals surface area (Å²) >= 11 is 11.8. The van der Waals surface area contributed by atoms with Crippen molar-refractivity contribution in [3.63, 3.8) is 0 Å². The van der Waals surface area contributed by atoms with E-state index in [1.165, 1.54) is 16.7 Å². The highest BCUT2D eigenvalue weighted by atomic mass is 35.5. The average molecular weight is 628 g/mol. The molecule has 0 radical (unpaired) electrons. The molecule has 0 aliphatic carbocycles. The highest BCUT2D eigenvalue weighted by Gasteiger charge is 2.19. The Hall–Kier alpha value is -4.68. The molecule has 0 unspecified atom stereocenters. The van der Waals surface area contributed by atoms with Crippen molar-refractivity contribution in [1.29, 1.82) is 0 Å². The number of nitrogens with one attached hydrogen (secondary N) is 3. The van der Waals surface area contributed by atoms with Crippen molar-refractivity contribution in [2.45, 2.75) is 0 Å². The number of aromatic nitrogens is 3. The van der Waals surface area contributed by atoms with Gasteiger partial charge in [-0.2, -0.15) is 0 Å². The third-order valence-corrected chi connectivity index (χ3v) is 7.05. The molecular weight excluding hydrogens is 595 g/mol. The lowest BCUT2D eigenvalue weighted by molar-refractivity contribution is 0.0988. The molecule has 12 nitrogen and oxygen atoms in total. The van der Waals surface area contributed by atoms with E-state index in [2.05, 4.69) is 16.0 Å². The lowest BCUT2D eigenvalue weighted by Gasteiger charge is -2.22. The molecule has 3 heterocycles.